The van der Waals surface area contributed by atoms with Crippen molar-refractivity contribution in [3.8, 4) is 0 Å². The van der Waals surface area contributed by atoms with Crippen molar-refractivity contribution < 1.29 is 27.9 Å². The number of nitrogens with one attached hydrogen (secondary N) is 1. The topological polar surface area (TPSA) is 124 Å². The quantitative estimate of drug-likeness (QED) is 0.717. The van der Waals surface area contributed by atoms with Crippen LogP contribution >= 0.6 is 0 Å². The number of hydrogen-bond donors (Lipinski definition) is 2. The van der Waals surface area contributed by atoms with Gasteiger partial charge in [-0.2, -0.15) is 4.31 Å². The number of carboxylic acids is 1. The van der Waals surface area contributed by atoms with Crippen LogP contribution in [0.15, 0.2) is 30.3 Å². The third-order valence-electron chi connectivity index (χ3n) is 5.45. The van der Waals surface area contributed by atoms with Gasteiger partial charge in [0.1, 0.15) is 12.1 Å². The van der Waals surface area contributed by atoms with E-state index in [1.807, 2.05) is 0 Å². The fourth-order valence-electron chi connectivity index (χ4n) is 3.96. The summed E-state index contributed by atoms with van der Waals surface area (Å²) >= 11 is 0. The highest BCUT2D eigenvalue weighted by Crippen LogP contribution is 2.27. The molecule has 2 fully saturated rings. The number of carbonyl (C=O) groups is 3. The molecule has 1 aromatic rings. The van der Waals surface area contributed by atoms with E-state index >= 15 is 0 Å². The second kappa shape index (κ2) is 8.50. The molecule has 2 N–H and O–H groups in total. The fourth-order valence-corrected chi connectivity index (χ4v) is 4.82. The molecule has 10 heteroatoms. The summed E-state index contributed by atoms with van der Waals surface area (Å²) in [4.78, 5) is 38.9. The van der Waals surface area contributed by atoms with Gasteiger partial charge in [0, 0.05) is 24.7 Å². The summed E-state index contributed by atoms with van der Waals surface area (Å²) in [7, 11) is -3.59. The number of fused-ring (bicyclic) bond motifs is 1. The molecule has 1 aromatic carbocycles. The van der Waals surface area contributed by atoms with Crippen molar-refractivity contribution in [1.29, 1.82) is 0 Å². The molecule has 3 unspecified atom stereocenters. The normalized spacial score (nSPS) is 26.2. The van der Waals surface area contributed by atoms with Gasteiger partial charge in [-0.25, -0.2) is 13.2 Å². The highest BCUT2D eigenvalue weighted by Gasteiger charge is 2.46. The Morgan fingerprint density at radius 1 is 1.10 bits per heavy atom. The first-order chi connectivity index (χ1) is 13.7. The van der Waals surface area contributed by atoms with Crippen LogP contribution in [-0.2, 0) is 19.6 Å². The first-order valence-electron chi connectivity index (χ1n) is 9.54. The first kappa shape index (κ1) is 21.3. The van der Waals surface area contributed by atoms with Crippen LogP contribution in [0.4, 0.5) is 0 Å². The zero-order chi connectivity index (χ0) is 21.2. The molecule has 0 bridgehead atoms. The van der Waals surface area contributed by atoms with Crippen molar-refractivity contribution >= 4 is 27.8 Å². The lowest BCUT2D eigenvalue weighted by Gasteiger charge is -2.46. The number of hydrogen-bond acceptors (Lipinski definition) is 5. The largest absolute Gasteiger partial charge is 0.480 e. The Labute approximate surface area is 169 Å². The second-order valence-electron chi connectivity index (χ2n) is 7.51. The first-order valence-corrected chi connectivity index (χ1v) is 11.4. The number of sulfonamides is 1. The number of aliphatic carboxylic acids is 1. The maximum absolute atomic E-state index is 13.3. The van der Waals surface area contributed by atoms with Crippen molar-refractivity contribution in [2.45, 2.75) is 43.8 Å². The average molecular weight is 423 g/mol. The molecule has 2 aliphatic heterocycles. The fraction of sp³-hybridized carbons (Fsp3) is 0.526. The van der Waals surface area contributed by atoms with Crippen LogP contribution in [0.3, 0.4) is 0 Å². The van der Waals surface area contributed by atoms with E-state index in [0.29, 0.717) is 31.2 Å². The lowest BCUT2D eigenvalue weighted by Crippen LogP contribution is -2.67. The van der Waals surface area contributed by atoms with E-state index < -0.39 is 45.9 Å². The minimum atomic E-state index is -3.59. The van der Waals surface area contributed by atoms with E-state index in [2.05, 4.69) is 5.32 Å². The van der Waals surface area contributed by atoms with Gasteiger partial charge in [-0.3, -0.25) is 9.59 Å². The predicted molar refractivity (Wildman–Crippen MR) is 105 cm³/mol. The Hall–Kier alpha value is -2.46. The van der Waals surface area contributed by atoms with Gasteiger partial charge in [0.25, 0.3) is 5.91 Å². The van der Waals surface area contributed by atoms with Crippen LogP contribution in [0.25, 0.3) is 0 Å². The molecule has 2 saturated heterocycles. The molecule has 0 radical (unpaired) electrons. The number of carboxylic acid groups (broad SMARTS) is 1. The molecule has 3 atom stereocenters. The van der Waals surface area contributed by atoms with Gasteiger partial charge in [-0.1, -0.05) is 31.0 Å². The van der Waals surface area contributed by atoms with Crippen LogP contribution < -0.4 is 5.32 Å². The van der Waals surface area contributed by atoms with Crippen molar-refractivity contribution in [2.24, 2.45) is 0 Å². The number of nitrogens with zero attached hydrogens (tertiary/aromatic N) is 2. The highest BCUT2D eigenvalue weighted by molar-refractivity contribution is 7.88. The minimum Gasteiger partial charge on any atom is -0.480 e. The summed E-state index contributed by atoms with van der Waals surface area (Å²) in [6.07, 6.45) is 3.33. The van der Waals surface area contributed by atoms with Gasteiger partial charge in [-0.15, -0.1) is 0 Å². The summed E-state index contributed by atoms with van der Waals surface area (Å²) in [5.41, 5.74) is 0.413. The third kappa shape index (κ3) is 4.76. The monoisotopic (exact) mass is 423 g/mol. The summed E-state index contributed by atoms with van der Waals surface area (Å²) in [5.74, 6) is -2.13. The van der Waals surface area contributed by atoms with Crippen LogP contribution in [0, 0.1) is 0 Å². The number of rotatable bonds is 4. The number of amides is 2. The zero-order valence-electron chi connectivity index (χ0n) is 16.2. The smallest absolute Gasteiger partial charge is 0.327 e. The van der Waals surface area contributed by atoms with E-state index in [4.69, 9.17) is 0 Å². The third-order valence-corrected chi connectivity index (χ3v) is 6.68. The number of carbonyl (C=O) groups excluding carboxylic acids is 2. The summed E-state index contributed by atoms with van der Waals surface area (Å²) < 4.78 is 25.1. The average Bonchev–Trinajstić information content (AvgIpc) is 2.67. The molecule has 158 valence electrons. The standard InChI is InChI=1S/C19H25N3O6S/c1-29(27,28)21-11-14-9-5-6-10-15(18(24)22(14)16(12-21)19(25)26)20-17(23)13-7-3-2-4-8-13/h2-4,7-8,14-16H,5-6,9-12H2,1H3,(H,20,23)(H,25,26). The molecule has 9 nitrogen and oxygen atoms in total. The van der Waals surface area contributed by atoms with Crippen LogP contribution in [0.1, 0.15) is 36.0 Å². The van der Waals surface area contributed by atoms with Crippen molar-refractivity contribution in [2.75, 3.05) is 19.3 Å². The van der Waals surface area contributed by atoms with Crippen molar-refractivity contribution in [3.63, 3.8) is 0 Å². The molecular formula is C19H25N3O6S. The van der Waals surface area contributed by atoms with E-state index in [9.17, 15) is 27.9 Å². The molecule has 3 rings (SSSR count). The molecule has 2 heterocycles. The maximum Gasteiger partial charge on any atom is 0.327 e. The minimum absolute atomic E-state index is 0.0632. The van der Waals surface area contributed by atoms with Gasteiger partial charge in [0.2, 0.25) is 15.9 Å². The van der Waals surface area contributed by atoms with Crippen LogP contribution in [-0.4, -0.2) is 78.0 Å². The zero-order valence-corrected chi connectivity index (χ0v) is 17.0. The second-order valence-corrected chi connectivity index (χ2v) is 9.49. The Morgan fingerprint density at radius 3 is 2.38 bits per heavy atom. The van der Waals surface area contributed by atoms with Gasteiger partial charge >= 0.3 is 5.97 Å². The van der Waals surface area contributed by atoms with E-state index in [-0.39, 0.29) is 13.1 Å². The Bertz CT molecular complexity index is 888. The molecule has 0 saturated carbocycles. The summed E-state index contributed by atoms with van der Waals surface area (Å²) in [5, 5.41) is 12.4. The Morgan fingerprint density at radius 2 is 1.76 bits per heavy atom. The maximum atomic E-state index is 13.3. The van der Waals surface area contributed by atoms with Crippen molar-refractivity contribution in [1.82, 2.24) is 14.5 Å². The molecular weight excluding hydrogens is 398 g/mol. The lowest BCUT2D eigenvalue weighted by molar-refractivity contribution is -0.157. The predicted octanol–water partition coefficient (Wildman–Crippen LogP) is 0.285. The van der Waals surface area contributed by atoms with E-state index in [1.165, 1.54) is 4.90 Å². The van der Waals surface area contributed by atoms with Gasteiger partial charge in [0.15, 0.2) is 0 Å². The Kier molecular flexibility index (Phi) is 6.23. The van der Waals surface area contributed by atoms with Crippen molar-refractivity contribution in [3.05, 3.63) is 35.9 Å². The Balaban J connectivity index is 1.86. The molecule has 0 aliphatic carbocycles. The van der Waals surface area contributed by atoms with E-state index in [0.717, 1.165) is 10.6 Å². The van der Waals surface area contributed by atoms with Gasteiger partial charge < -0.3 is 15.3 Å². The lowest BCUT2D eigenvalue weighted by atomic mass is 9.94. The summed E-state index contributed by atoms with van der Waals surface area (Å²) in [6.45, 7) is -0.233. The SMILES string of the molecule is CS(=O)(=O)N1CC2CCCCC(NC(=O)c3ccccc3)C(=O)N2C(C(=O)O)C1. The van der Waals surface area contributed by atoms with Crippen LogP contribution in [0.2, 0.25) is 0 Å². The van der Waals surface area contributed by atoms with Gasteiger partial charge in [0.05, 0.1) is 6.26 Å². The van der Waals surface area contributed by atoms with Gasteiger partial charge in [-0.05, 0) is 25.0 Å². The molecule has 0 spiro atoms. The highest BCUT2D eigenvalue weighted by atomic mass is 32.2. The number of benzene rings is 1. The molecule has 29 heavy (non-hydrogen) atoms. The molecule has 0 aromatic heterocycles. The number of piperazine rings is 1. The van der Waals surface area contributed by atoms with Crippen LogP contribution in [0.5, 0.6) is 0 Å². The summed E-state index contributed by atoms with van der Waals surface area (Å²) in [6, 6.07) is 5.81. The van der Waals surface area contributed by atoms with E-state index in [1.54, 1.807) is 30.3 Å². The molecule has 2 amide bonds. The molecule has 2 aliphatic rings.